The van der Waals surface area contributed by atoms with Gasteiger partial charge >= 0.3 is 0 Å². The van der Waals surface area contributed by atoms with Crippen LogP contribution in [0.25, 0.3) is 0 Å². The zero-order chi connectivity index (χ0) is 14.5. The Morgan fingerprint density at radius 2 is 2.30 bits per heavy atom. The van der Waals surface area contributed by atoms with Crippen molar-refractivity contribution in [2.45, 2.75) is 50.8 Å². The Kier molecular flexibility index (Phi) is 5.09. The van der Waals surface area contributed by atoms with Gasteiger partial charge in [0.1, 0.15) is 0 Å². The molecule has 0 aliphatic heterocycles. The maximum absolute atomic E-state index is 10.9. The van der Waals surface area contributed by atoms with Crippen molar-refractivity contribution in [2.24, 2.45) is 0 Å². The Bertz CT molecular complexity index is 464. The van der Waals surface area contributed by atoms with Crippen LogP contribution in [0.4, 0.5) is 5.69 Å². The van der Waals surface area contributed by atoms with E-state index in [1.165, 1.54) is 12.5 Å². The number of nitro benzene ring substituents is 1. The second kappa shape index (κ2) is 6.81. The number of benzene rings is 1. The summed E-state index contributed by atoms with van der Waals surface area (Å²) >= 11 is 0. The van der Waals surface area contributed by atoms with Gasteiger partial charge in [-0.1, -0.05) is 19.1 Å². The van der Waals surface area contributed by atoms with Gasteiger partial charge < -0.3 is 10.1 Å². The van der Waals surface area contributed by atoms with Crippen molar-refractivity contribution < 1.29 is 9.66 Å². The standard InChI is InChI=1S/C15H22N2O3/c1-3-13(16-14-8-5-9-15(14)20-2)11-6-4-7-12(10-11)17(18)19/h4,6-7,10,13-16H,3,5,8-9H2,1-2H3. The van der Waals surface area contributed by atoms with Crippen LogP contribution in [0.3, 0.4) is 0 Å². The van der Waals surface area contributed by atoms with Crippen LogP contribution >= 0.6 is 0 Å². The van der Waals surface area contributed by atoms with Crippen molar-refractivity contribution in [3.63, 3.8) is 0 Å². The summed E-state index contributed by atoms with van der Waals surface area (Å²) in [6, 6.07) is 7.37. The molecule has 1 aromatic carbocycles. The molecule has 0 radical (unpaired) electrons. The maximum Gasteiger partial charge on any atom is 0.269 e. The van der Waals surface area contributed by atoms with E-state index < -0.39 is 0 Å². The molecule has 2 rings (SSSR count). The van der Waals surface area contributed by atoms with Crippen molar-refractivity contribution in [2.75, 3.05) is 7.11 Å². The molecule has 5 heteroatoms. The van der Waals surface area contributed by atoms with E-state index in [2.05, 4.69) is 12.2 Å². The van der Waals surface area contributed by atoms with Crippen LogP contribution in [-0.4, -0.2) is 24.2 Å². The second-order valence-electron chi connectivity index (χ2n) is 5.29. The van der Waals surface area contributed by atoms with Gasteiger partial charge in [0.15, 0.2) is 0 Å². The van der Waals surface area contributed by atoms with Crippen LogP contribution in [0.2, 0.25) is 0 Å². The fourth-order valence-corrected chi connectivity index (χ4v) is 2.96. The van der Waals surface area contributed by atoms with E-state index in [-0.39, 0.29) is 22.8 Å². The van der Waals surface area contributed by atoms with E-state index >= 15 is 0 Å². The number of nitrogens with one attached hydrogen (secondary N) is 1. The molecule has 5 nitrogen and oxygen atoms in total. The first-order chi connectivity index (χ1) is 9.65. The summed E-state index contributed by atoms with van der Waals surface area (Å²) in [6.45, 7) is 2.09. The van der Waals surface area contributed by atoms with Crippen LogP contribution in [0.15, 0.2) is 24.3 Å². The predicted molar refractivity (Wildman–Crippen MR) is 77.7 cm³/mol. The molecule has 110 valence electrons. The predicted octanol–water partition coefficient (Wildman–Crippen LogP) is 3.20. The highest BCUT2D eigenvalue weighted by Crippen LogP contribution is 2.27. The number of nitro groups is 1. The van der Waals surface area contributed by atoms with Crippen LogP contribution in [0, 0.1) is 10.1 Å². The van der Waals surface area contributed by atoms with E-state index in [4.69, 9.17) is 4.74 Å². The molecule has 20 heavy (non-hydrogen) atoms. The zero-order valence-corrected chi connectivity index (χ0v) is 12.0. The smallest absolute Gasteiger partial charge is 0.269 e. The van der Waals surface area contributed by atoms with Gasteiger partial charge in [0, 0.05) is 31.3 Å². The highest BCUT2D eigenvalue weighted by Gasteiger charge is 2.29. The van der Waals surface area contributed by atoms with Crippen molar-refractivity contribution in [3.8, 4) is 0 Å². The highest BCUT2D eigenvalue weighted by molar-refractivity contribution is 5.35. The summed E-state index contributed by atoms with van der Waals surface area (Å²) in [6.07, 6.45) is 4.50. The number of hydrogen-bond acceptors (Lipinski definition) is 4. The van der Waals surface area contributed by atoms with Gasteiger partial charge in [0.05, 0.1) is 11.0 Å². The van der Waals surface area contributed by atoms with Crippen molar-refractivity contribution in [3.05, 3.63) is 39.9 Å². The van der Waals surface area contributed by atoms with Gasteiger partial charge in [-0.3, -0.25) is 10.1 Å². The zero-order valence-electron chi connectivity index (χ0n) is 12.0. The van der Waals surface area contributed by atoms with E-state index in [1.807, 2.05) is 6.07 Å². The minimum Gasteiger partial charge on any atom is -0.380 e. The molecule has 0 amide bonds. The highest BCUT2D eigenvalue weighted by atomic mass is 16.6. The molecule has 0 spiro atoms. The van der Waals surface area contributed by atoms with Crippen molar-refractivity contribution in [1.82, 2.24) is 5.32 Å². The molecule has 1 aliphatic rings. The minimum absolute atomic E-state index is 0.135. The van der Waals surface area contributed by atoms with Gasteiger partial charge in [-0.15, -0.1) is 0 Å². The molecule has 0 aromatic heterocycles. The molecule has 1 fully saturated rings. The second-order valence-corrected chi connectivity index (χ2v) is 5.29. The molecule has 0 heterocycles. The summed E-state index contributed by atoms with van der Waals surface area (Å²) in [5.41, 5.74) is 1.13. The number of hydrogen-bond donors (Lipinski definition) is 1. The first-order valence-electron chi connectivity index (χ1n) is 7.19. The van der Waals surface area contributed by atoms with E-state index in [0.29, 0.717) is 6.04 Å². The van der Waals surface area contributed by atoms with Crippen LogP contribution < -0.4 is 5.32 Å². The number of ether oxygens (including phenoxy) is 1. The number of rotatable bonds is 6. The van der Waals surface area contributed by atoms with Crippen molar-refractivity contribution in [1.29, 1.82) is 0 Å². The maximum atomic E-state index is 10.9. The SMILES string of the molecule is CCC(NC1CCCC1OC)c1cccc([N+](=O)[O-])c1. The normalized spacial score (nSPS) is 23.7. The molecular formula is C15H22N2O3. The third-order valence-electron chi connectivity index (χ3n) is 4.06. The van der Waals surface area contributed by atoms with Gasteiger partial charge in [-0.2, -0.15) is 0 Å². The lowest BCUT2D eigenvalue weighted by atomic mass is 10.0. The molecule has 3 unspecified atom stereocenters. The Morgan fingerprint density at radius 1 is 1.50 bits per heavy atom. The average molecular weight is 278 g/mol. The van der Waals surface area contributed by atoms with E-state index in [0.717, 1.165) is 24.8 Å². The topological polar surface area (TPSA) is 64.4 Å². The van der Waals surface area contributed by atoms with Gasteiger partial charge in [0.25, 0.3) is 5.69 Å². The molecule has 0 bridgehead atoms. The van der Waals surface area contributed by atoms with Crippen molar-refractivity contribution >= 4 is 5.69 Å². The van der Waals surface area contributed by atoms with Crippen LogP contribution in [0.1, 0.15) is 44.2 Å². The summed E-state index contributed by atoms with van der Waals surface area (Å²) in [5.74, 6) is 0. The Hall–Kier alpha value is -1.46. The first-order valence-corrected chi connectivity index (χ1v) is 7.19. The average Bonchev–Trinajstić information content (AvgIpc) is 2.92. The summed E-state index contributed by atoms with van der Waals surface area (Å²) < 4.78 is 5.50. The Labute approximate surface area is 119 Å². The molecule has 1 aliphatic carbocycles. The molecule has 1 saturated carbocycles. The fraction of sp³-hybridized carbons (Fsp3) is 0.600. The lowest BCUT2D eigenvalue weighted by Crippen LogP contribution is -2.39. The molecule has 1 N–H and O–H groups in total. The fourth-order valence-electron chi connectivity index (χ4n) is 2.96. The van der Waals surface area contributed by atoms with E-state index in [1.54, 1.807) is 19.2 Å². The molecule has 0 saturated heterocycles. The lowest BCUT2D eigenvalue weighted by Gasteiger charge is -2.26. The quantitative estimate of drug-likeness (QED) is 0.641. The molecule has 3 atom stereocenters. The number of nitrogens with zero attached hydrogens (tertiary/aromatic N) is 1. The van der Waals surface area contributed by atoms with E-state index in [9.17, 15) is 10.1 Å². The first kappa shape index (κ1) is 14.9. The Morgan fingerprint density at radius 3 is 2.95 bits per heavy atom. The third kappa shape index (κ3) is 3.35. The monoisotopic (exact) mass is 278 g/mol. The van der Waals surface area contributed by atoms with Gasteiger partial charge in [-0.05, 0) is 31.2 Å². The summed E-state index contributed by atoms with van der Waals surface area (Å²) in [7, 11) is 1.75. The number of methoxy groups -OCH3 is 1. The third-order valence-corrected chi connectivity index (χ3v) is 4.06. The minimum atomic E-state index is -0.344. The van der Waals surface area contributed by atoms with Gasteiger partial charge in [0.2, 0.25) is 0 Å². The van der Waals surface area contributed by atoms with Crippen LogP contribution in [0.5, 0.6) is 0 Å². The largest absolute Gasteiger partial charge is 0.380 e. The molecule has 1 aromatic rings. The van der Waals surface area contributed by atoms with Gasteiger partial charge in [-0.25, -0.2) is 0 Å². The Balaban J connectivity index is 2.11. The molecular weight excluding hydrogens is 256 g/mol. The lowest BCUT2D eigenvalue weighted by molar-refractivity contribution is -0.384. The van der Waals surface area contributed by atoms with Crippen LogP contribution in [-0.2, 0) is 4.74 Å². The summed E-state index contributed by atoms with van der Waals surface area (Å²) in [5, 5.41) is 14.5. The summed E-state index contributed by atoms with van der Waals surface area (Å²) in [4.78, 5) is 10.5. The number of non-ortho nitro benzene ring substituents is 1.